The van der Waals surface area contributed by atoms with E-state index < -0.39 is 36.9 Å². The summed E-state index contributed by atoms with van der Waals surface area (Å²) in [7, 11) is 1.35. The Hall–Kier alpha value is -2.32. The maximum atomic E-state index is 11.8. The highest BCUT2D eigenvalue weighted by molar-refractivity contribution is 5.87. The lowest BCUT2D eigenvalue weighted by Crippen LogP contribution is -2.48. The van der Waals surface area contributed by atoms with Crippen molar-refractivity contribution in [3.8, 4) is 0 Å². The number of nitrogens with two attached hydrogens (primary N) is 2. The van der Waals surface area contributed by atoms with Gasteiger partial charge in [0.25, 0.3) is 0 Å². The molecular weight excluding hydrogens is 244 g/mol. The maximum Gasteiger partial charge on any atom is 0.320 e. The van der Waals surface area contributed by atoms with E-state index in [1.165, 1.54) is 7.05 Å². The van der Waals surface area contributed by atoms with Crippen LogP contribution in [0.4, 0.5) is 4.79 Å². The molecule has 9 heteroatoms. The number of primary amides is 2. The fraction of sp³-hybridized carbons (Fsp3) is 0.556. The van der Waals surface area contributed by atoms with Crippen LogP contribution in [-0.4, -0.2) is 65.4 Å². The van der Waals surface area contributed by atoms with Gasteiger partial charge < -0.3 is 26.4 Å². The average Bonchev–Trinajstić information content (AvgIpc) is 2.22. The fourth-order valence-corrected chi connectivity index (χ4v) is 1.17. The van der Waals surface area contributed by atoms with Crippen LogP contribution >= 0.6 is 0 Å². The van der Waals surface area contributed by atoms with Crippen LogP contribution in [0.15, 0.2) is 0 Å². The molecule has 0 aliphatic rings. The minimum absolute atomic E-state index is 0.0534. The van der Waals surface area contributed by atoms with Gasteiger partial charge in [0.1, 0.15) is 13.1 Å². The summed E-state index contributed by atoms with van der Waals surface area (Å²) in [5.41, 5.74) is 9.86. The first-order chi connectivity index (χ1) is 8.23. The molecule has 4 amide bonds. The first kappa shape index (κ1) is 15.7. The van der Waals surface area contributed by atoms with Gasteiger partial charge in [0, 0.05) is 13.6 Å². The highest BCUT2D eigenvalue weighted by Crippen LogP contribution is 1.98. The quantitative estimate of drug-likeness (QED) is 0.474. The van der Waals surface area contributed by atoms with Crippen molar-refractivity contribution in [3.05, 3.63) is 0 Å². The van der Waals surface area contributed by atoms with Crippen molar-refractivity contribution in [3.63, 3.8) is 0 Å². The van der Waals surface area contributed by atoms with E-state index >= 15 is 0 Å². The molecule has 0 aromatic heterocycles. The van der Waals surface area contributed by atoms with Gasteiger partial charge in [-0.3, -0.25) is 14.4 Å². The molecule has 0 rings (SSSR count). The number of aliphatic carboxylic acids is 1. The molecule has 0 saturated heterocycles. The van der Waals surface area contributed by atoms with Gasteiger partial charge in [-0.25, -0.2) is 4.79 Å². The van der Waals surface area contributed by atoms with Crippen molar-refractivity contribution in [2.45, 2.75) is 6.42 Å². The van der Waals surface area contributed by atoms with E-state index in [1.807, 2.05) is 0 Å². The van der Waals surface area contributed by atoms with Crippen molar-refractivity contribution in [1.29, 1.82) is 0 Å². The van der Waals surface area contributed by atoms with Crippen LogP contribution in [0.5, 0.6) is 0 Å². The van der Waals surface area contributed by atoms with Crippen LogP contribution in [0.1, 0.15) is 6.42 Å². The molecule has 9 nitrogen and oxygen atoms in total. The molecule has 0 bridgehead atoms. The Kier molecular flexibility index (Phi) is 6.18. The molecule has 0 unspecified atom stereocenters. The van der Waals surface area contributed by atoms with E-state index in [9.17, 15) is 19.2 Å². The van der Waals surface area contributed by atoms with Crippen molar-refractivity contribution in [2.75, 3.05) is 26.7 Å². The third-order valence-corrected chi connectivity index (χ3v) is 1.95. The van der Waals surface area contributed by atoms with Gasteiger partial charge in [0.15, 0.2) is 0 Å². The van der Waals surface area contributed by atoms with Gasteiger partial charge in [-0.1, -0.05) is 0 Å². The highest BCUT2D eigenvalue weighted by atomic mass is 16.4. The number of urea groups is 1. The molecule has 0 heterocycles. The van der Waals surface area contributed by atoms with Crippen molar-refractivity contribution < 1.29 is 24.3 Å². The molecule has 0 saturated carbocycles. The number of carbonyl (C=O) groups is 4. The summed E-state index contributed by atoms with van der Waals surface area (Å²) in [6, 6.07) is -0.686. The lowest BCUT2D eigenvalue weighted by molar-refractivity contribution is -0.137. The van der Waals surface area contributed by atoms with Crippen molar-refractivity contribution in [1.82, 2.24) is 9.80 Å². The predicted octanol–water partition coefficient (Wildman–Crippen LogP) is -2.21. The van der Waals surface area contributed by atoms with Gasteiger partial charge in [0.2, 0.25) is 11.8 Å². The third kappa shape index (κ3) is 6.30. The highest BCUT2D eigenvalue weighted by Gasteiger charge is 2.21. The second-order valence-electron chi connectivity index (χ2n) is 3.64. The summed E-state index contributed by atoms with van der Waals surface area (Å²) in [5.74, 6) is -2.65. The number of rotatable bonds is 7. The number of nitrogens with zero attached hydrogens (tertiary/aromatic N) is 2. The third-order valence-electron chi connectivity index (χ3n) is 1.95. The monoisotopic (exact) mass is 260 g/mol. The minimum Gasteiger partial charge on any atom is -0.481 e. The second-order valence-corrected chi connectivity index (χ2v) is 3.64. The SMILES string of the molecule is CN(CCC(=O)O)C(=O)N(CC(N)=O)CC(N)=O. The van der Waals surface area contributed by atoms with E-state index in [1.54, 1.807) is 0 Å². The summed E-state index contributed by atoms with van der Waals surface area (Å²) in [5, 5.41) is 8.47. The molecule has 0 fully saturated rings. The normalized spacial score (nSPS) is 9.61. The lowest BCUT2D eigenvalue weighted by atomic mass is 10.4. The van der Waals surface area contributed by atoms with E-state index in [0.717, 1.165) is 9.80 Å². The molecule has 5 N–H and O–H groups in total. The molecule has 0 aromatic carbocycles. The molecule has 0 atom stereocenters. The summed E-state index contributed by atoms with van der Waals surface area (Å²) >= 11 is 0. The van der Waals surface area contributed by atoms with Gasteiger partial charge in [-0.15, -0.1) is 0 Å². The molecule has 18 heavy (non-hydrogen) atoms. The Bertz CT molecular complexity index is 341. The van der Waals surface area contributed by atoms with E-state index in [2.05, 4.69) is 0 Å². The summed E-state index contributed by atoms with van der Waals surface area (Å²) in [4.78, 5) is 45.5. The Labute approximate surface area is 103 Å². The number of carboxylic acid groups (broad SMARTS) is 1. The molecule has 0 radical (unpaired) electrons. The van der Waals surface area contributed by atoms with Gasteiger partial charge in [-0.2, -0.15) is 0 Å². The fourth-order valence-electron chi connectivity index (χ4n) is 1.17. The zero-order chi connectivity index (χ0) is 14.3. The van der Waals surface area contributed by atoms with Gasteiger partial charge in [0.05, 0.1) is 6.42 Å². The molecule has 0 aliphatic heterocycles. The molecule has 0 aromatic rings. The van der Waals surface area contributed by atoms with Crippen LogP contribution in [0.3, 0.4) is 0 Å². The minimum atomic E-state index is -1.06. The summed E-state index contributed by atoms with van der Waals surface area (Å²) in [6.45, 7) is -0.972. The van der Waals surface area contributed by atoms with Crippen LogP contribution < -0.4 is 11.5 Å². The molecule has 102 valence electrons. The van der Waals surface area contributed by atoms with Crippen LogP contribution in [0, 0.1) is 0 Å². The second kappa shape index (κ2) is 7.09. The van der Waals surface area contributed by atoms with Gasteiger partial charge >= 0.3 is 12.0 Å². The number of amides is 4. The van der Waals surface area contributed by atoms with E-state index in [4.69, 9.17) is 16.6 Å². The van der Waals surface area contributed by atoms with Crippen LogP contribution in [-0.2, 0) is 14.4 Å². The van der Waals surface area contributed by atoms with Crippen LogP contribution in [0.25, 0.3) is 0 Å². The Morgan fingerprint density at radius 2 is 1.50 bits per heavy atom. The maximum absolute atomic E-state index is 11.8. The standard InChI is InChI=1S/C9H16N4O5/c1-12(3-2-8(16)17)9(18)13(4-6(10)14)5-7(11)15/h2-5H2,1H3,(H2,10,14)(H2,11,15)(H,16,17). The zero-order valence-corrected chi connectivity index (χ0v) is 9.96. The number of carbonyl (C=O) groups excluding carboxylic acids is 3. The number of hydrogen-bond acceptors (Lipinski definition) is 4. The summed E-state index contributed by atoms with van der Waals surface area (Å²) in [6.07, 6.45) is -0.247. The molecular formula is C9H16N4O5. The predicted molar refractivity (Wildman–Crippen MR) is 60.2 cm³/mol. The largest absolute Gasteiger partial charge is 0.481 e. The average molecular weight is 260 g/mol. The van der Waals surface area contributed by atoms with Crippen molar-refractivity contribution >= 4 is 23.8 Å². The summed E-state index contributed by atoms with van der Waals surface area (Å²) < 4.78 is 0. The Morgan fingerprint density at radius 1 is 1.06 bits per heavy atom. The van der Waals surface area contributed by atoms with E-state index in [0.29, 0.717) is 0 Å². The number of carboxylic acids is 1. The smallest absolute Gasteiger partial charge is 0.320 e. The molecule has 0 spiro atoms. The topological polar surface area (TPSA) is 147 Å². The zero-order valence-electron chi connectivity index (χ0n) is 9.96. The first-order valence-electron chi connectivity index (χ1n) is 5.02. The molecule has 0 aliphatic carbocycles. The Balaban J connectivity index is 4.56. The number of hydrogen-bond donors (Lipinski definition) is 3. The van der Waals surface area contributed by atoms with Gasteiger partial charge in [-0.05, 0) is 0 Å². The Morgan fingerprint density at radius 3 is 1.83 bits per heavy atom. The van der Waals surface area contributed by atoms with E-state index in [-0.39, 0.29) is 13.0 Å². The first-order valence-corrected chi connectivity index (χ1v) is 5.02. The lowest BCUT2D eigenvalue weighted by Gasteiger charge is -2.25. The van der Waals surface area contributed by atoms with Crippen molar-refractivity contribution in [2.24, 2.45) is 11.5 Å². The van der Waals surface area contributed by atoms with Crippen LogP contribution in [0.2, 0.25) is 0 Å².